The first kappa shape index (κ1) is 66.0. The summed E-state index contributed by atoms with van der Waals surface area (Å²) >= 11 is 0. The van der Waals surface area contributed by atoms with Crippen molar-refractivity contribution in [2.24, 2.45) is 0 Å². The quantitative estimate of drug-likeness (QED) is 0.0493. The lowest BCUT2D eigenvalue weighted by Gasteiger charge is -2.26. The van der Waals surface area contributed by atoms with E-state index in [9.17, 15) is 0 Å². The minimum atomic E-state index is 1.09. The van der Waals surface area contributed by atoms with Gasteiger partial charge in [0.05, 0.1) is 0 Å². The first-order chi connectivity index (χ1) is 49.1. The van der Waals surface area contributed by atoms with E-state index in [0.717, 1.165) is 89.8 Å². The second-order valence-corrected chi connectivity index (χ2v) is 25.4. The SMILES string of the molecule is Cc1ccc(C(=CC=Cc2ccc(C=Cc3ccc(N(c4ccc(C)cc4)c4ccc(C=Cc5ccc(C=Cc6ccc(N(c7ccc(C)cc7)c7ccc(C=Cc8ccc(C=CC=C(c9ccccc9)c9ccccc9)cc8)cc7)cc6)cc5)cc4)cc3)cc2)c2ccc(C)cc2)cc1. The van der Waals surface area contributed by atoms with Crippen molar-refractivity contribution in [1.82, 2.24) is 0 Å². The molecular weight excluding hydrogens is 1210 g/mol. The molecule has 2 heteroatoms. The molecule has 0 aliphatic heterocycles. The van der Waals surface area contributed by atoms with Crippen molar-refractivity contribution in [3.8, 4) is 0 Å². The lowest BCUT2D eigenvalue weighted by molar-refractivity contribution is 1.27. The molecule has 0 N–H and O–H groups in total. The van der Waals surface area contributed by atoms with Gasteiger partial charge in [0.15, 0.2) is 0 Å². The Balaban J connectivity index is 0.619. The van der Waals surface area contributed by atoms with E-state index in [2.05, 4.69) is 450 Å². The van der Waals surface area contributed by atoms with E-state index in [1.165, 1.54) is 55.7 Å². The molecule has 0 bridgehead atoms. The zero-order valence-electron chi connectivity index (χ0n) is 57.2. The molecule has 0 aliphatic rings. The Kier molecular flexibility index (Phi) is 21.4. The largest absolute Gasteiger partial charge is 0.311 e. The third-order valence-electron chi connectivity index (χ3n) is 17.9. The van der Waals surface area contributed by atoms with Crippen LogP contribution >= 0.6 is 0 Å². The summed E-state index contributed by atoms with van der Waals surface area (Å²) in [6, 6.07) is 117. The van der Waals surface area contributed by atoms with Crippen molar-refractivity contribution >= 4 is 106 Å². The molecule has 2 nitrogen and oxygen atoms in total. The first-order valence-electron chi connectivity index (χ1n) is 34.3. The zero-order chi connectivity index (χ0) is 68.2. The van der Waals surface area contributed by atoms with Gasteiger partial charge < -0.3 is 9.80 Å². The lowest BCUT2D eigenvalue weighted by atomic mass is 9.96. The van der Waals surface area contributed by atoms with Crippen LogP contribution in [0.25, 0.3) is 71.9 Å². The molecule has 0 spiro atoms. The summed E-state index contributed by atoms with van der Waals surface area (Å²) in [6.07, 6.45) is 30.5. The van der Waals surface area contributed by atoms with Gasteiger partial charge in [0.1, 0.15) is 0 Å². The summed E-state index contributed by atoms with van der Waals surface area (Å²) in [5, 5.41) is 0. The van der Waals surface area contributed by atoms with Crippen LogP contribution in [0.1, 0.15) is 100 Å². The highest BCUT2D eigenvalue weighted by atomic mass is 15.1. The standard InChI is InChI=1S/C98H80N2/c1-73-21-57-89(58-22-73)98(90-59-23-74(2)24-60-90)20-12-14-78-31-35-80(36-32-78)42-46-84-51-67-94(68-52-84)100(92-63-27-76(4)28-64-92)96-71-55-86(56-72-96)48-44-82-39-37-81(38-40-82)43-47-85-53-69-95(70-54-85)99(91-61-25-75(3)26-62-91)93-65-49-83(50-66-93)45-41-79-33-29-77(30-34-79)13-11-19-97(87-15-7-5-8-16-87)88-17-9-6-10-18-88/h5-72H,1-4H3. The molecule has 0 aromatic heterocycles. The molecular formula is C98H80N2. The van der Waals surface area contributed by atoms with Gasteiger partial charge in [0.25, 0.3) is 0 Å². The van der Waals surface area contributed by atoms with E-state index in [1.54, 1.807) is 0 Å². The van der Waals surface area contributed by atoms with Gasteiger partial charge in [0.2, 0.25) is 0 Å². The van der Waals surface area contributed by atoms with Gasteiger partial charge in [-0.05, 0) is 190 Å². The van der Waals surface area contributed by atoms with Crippen molar-refractivity contribution in [1.29, 1.82) is 0 Å². The number of hydrogen-bond acceptors (Lipinski definition) is 2. The van der Waals surface area contributed by atoms with E-state index >= 15 is 0 Å². The van der Waals surface area contributed by atoms with Crippen molar-refractivity contribution in [2.45, 2.75) is 27.7 Å². The molecule has 0 saturated heterocycles. The van der Waals surface area contributed by atoms with E-state index in [-0.39, 0.29) is 0 Å². The highest BCUT2D eigenvalue weighted by Gasteiger charge is 2.15. The monoisotopic (exact) mass is 1280 g/mol. The minimum Gasteiger partial charge on any atom is -0.311 e. The van der Waals surface area contributed by atoms with Crippen LogP contribution in [0.2, 0.25) is 0 Å². The van der Waals surface area contributed by atoms with Crippen LogP contribution < -0.4 is 9.80 Å². The Morgan fingerprint density at radius 2 is 0.350 bits per heavy atom. The molecule has 0 saturated carbocycles. The molecule has 0 unspecified atom stereocenters. The Labute approximate surface area is 591 Å². The van der Waals surface area contributed by atoms with Crippen LogP contribution in [0.15, 0.2) is 352 Å². The second-order valence-electron chi connectivity index (χ2n) is 25.4. The number of anilines is 6. The number of allylic oxidation sites excluding steroid dienone is 4. The summed E-state index contributed by atoms with van der Waals surface area (Å²) < 4.78 is 0. The van der Waals surface area contributed by atoms with Gasteiger partial charge in [-0.25, -0.2) is 0 Å². The molecule has 0 aliphatic carbocycles. The number of benzene rings is 13. The van der Waals surface area contributed by atoms with Crippen LogP contribution in [-0.4, -0.2) is 0 Å². The van der Waals surface area contributed by atoms with Crippen molar-refractivity contribution < 1.29 is 0 Å². The molecule has 482 valence electrons. The number of hydrogen-bond donors (Lipinski definition) is 0. The maximum Gasteiger partial charge on any atom is 0.0462 e. The summed E-state index contributed by atoms with van der Waals surface area (Å²) in [4.78, 5) is 4.64. The molecule has 0 heterocycles. The average Bonchev–Trinajstić information content (AvgIpc) is 0.823. The molecule has 0 radical (unpaired) electrons. The predicted octanol–water partition coefficient (Wildman–Crippen LogP) is 26.8. The predicted molar refractivity (Wildman–Crippen MR) is 434 cm³/mol. The third kappa shape index (κ3) is 17.7. The van der Waals surface area contributed by atoms with E-state index in [1.807, 2.05) is 0 Å². The Hall–Kier alpha value is -12.6. The first-order valence-corrected chi connectivity index (χ1v) is 34.3. The Morgan fingerprint density at radius 1 is 0.180 bits per heavy atom. The highest BCUT2D eigenvalue weighted by Crippen LogP contribution is 2.38. The average molecular weight is 1290 g/mol. The Bertz CT molecular complexity index is 4960. The third-order valence-corrected chi connectivity index (χ3v) is 17.9. The van der Waals surface area contributed by atoms with Gasteiger partial charge in [-0.3, -0.25) is 0 Å². The smallest absolute Gasteiger partial charge is 0.0462 e. The van der Waals surface area contributed by atoms with E-state index in [4.69, 9.17) is 0 Å². The van der Waals surface area contributed by atoms with Crippen LogP contribution in [-0.2, 0) is 0 Å². The van der Waals surface area contributed by atoms with Crippen molar-refractivity contribution in [3.63, 3.8) is 0 Å². The van der Waals surface area contributed by atoms with Gasteiger partial charge >= 0.3 is 0 Å². The lowest BCUT2D eigenvalue weighted by Crippen LogP contribution is -2.09. The molecule has 0 fully saturated rings. The van der Waals surface area contributed by atoms with Crippen LogP contribution in [0, 0.1) is 27.7 Å². The summed E-state index contributed by atoms with van der Waals surface area (Å²) in [5.41, 5.74) is 30.2. The molecule has 100 heavy (non-hydrogen) atoms. The Morgan fingerprint density at radius 3 is 0.570 bits per heavy atom. The highest BCUT2D eigenvalue weighted by molar-refractivity contribution is 5.85. The van der Waals surface area contributed by atoms with Gasteiger partial charge in [0, 0.05) is 34.1 Å². The molecule has 13 aromatic carbocycles. The molecule has 13 rings (SSSR count). The van der Waals surface area contributed by atoms with Gasteiger partial charge in [-0.1, -0.05) is 362 Å². The fourth-order valence-corrected chi connectivity index (χ4v) is 12.1. The fraction of sp³-hybridized carbons (Fsp3) is 0.0408. The van der Waals surface area contributed by atoms with Crippen LogP contribution in [0.4, 0.5) is 34.1 Å². The van der Waals surface area contributed by atoms with E-state index < -0.39 is 0 Å². The summed E-state index contributed by atoms with van der Waals surface area (Å²) in [7, 11) is 0. The number of nitrogens with zero attached hydrogens (tertiary/aromatic N) is 2. The summed E-state index contributed by atoms with van der Waals surface area (Å²) in [6.45, 7) is 8.52. The number of aryl methyl sites for hydroxylation is 4. The molecule has 0 amide bonds. The van der Waals surface area contributed by atoms with E-state index in [0.29, 0.717) is 0 Å². The normalized spacial score (nSPS) is 11.6. The van der Waals surface area contributed by atoms with Gasteiger partial charge in [-0.15, -0.1) is 0 Å². The van der Waals surface area contributed by atoms with Crippen molar-refractivity contribution in [3.05, 3.63) is 452 Å². The molecule has 0 atom stereocenters. The fourth-order valence-electron chi connectivity index (χ4n) is 12.1. The topological polar surface area (TPSA) is 6.48 Å². The zero-order valence-corrected chi connectivity index (χ0v) is 57.2. The maximum atomic E-state index is 2.32. The summed E-state index contributed by atoms with van der Waals surface area (Å²) in [5.74, 6) is 0. The van der Waals surface area contributed by atoms with Crippen LogP contribution in [0.5, 0.6) is 0 Å². The molecule has 13 aromatic rings. The minimum absolute atomic E-state index is 1.09. The number of rotatable bonds is 22. The second kappa shape index (κ2) is 32.4. The van der Waals surface area contributed by atoms with Crippen molar-refractivity contribution in [2.75, 3.05) is 9.80 Å². The maximum absolute atomic E-state index is 2.32. The van der Waals surface area contributed by atoms with Crippen LogP contribution in [0.3, 0.4) is 0 Å². The van der Waals surface area contributed by atoms with Gasteiger partial charge in [-0.2, -0.15) is 0 Å².